The largest absolute Gasteiger partial charge is 0.530 e. The molecule has 0 saturated carbocycles. The number of carbonyl (C=O) groups is 2. The van der Waals surface area contributed by atoms with Crippen LogP contribution in [0.2, 0.25) is 0 Å². The predicted octanol–water partition coefficient (Wildman–Crippen LogP) is 5.54. The van der Waals surface area contributed by atoms with Gasteiger partial charge in [-0.3, -0.25) is 42.3 Å². The number of rotatable bonds is 17. The lowest BCUT2D eigenvalue weighted by Gasteiger charge is -2.22. The standard InChI is InChI=1S/C41H49N4O12PS/c1-8-53-25-44-32(22-28-12-10-9-11-13-28)34(26(2)3)37(48)45(40(44)51)36(47)29-14-16-30(17-15-29)57-58(52,54-20-21-59-38(49)41(5,6)7)55-24-31-18-19-33(56-31)43-23-27(4)35(46)42-39(43)50/h9-19,23,26,31,33H,8,20-22,24-25H2,1-7H3,(H,42,46,50)/t31-,33+,58?/m0/s1. The van der Waals surface area contributed by atoms with E-state index in [0.717, 1.165) is 17.3 Å². The molecule has 16 nitrogen and oxygen atoms in total. The fourth-order valence-corrected chi connectivity index (χ4v) is 8.07. The Kier molecular flexibility index (Phi) is 14.9. The number of aromatic amines is 1. The average molecular weight is 853 g/mol. The molecule has 59 heavy (non-hydrogen) atoms. The van der Waals surface area contributed by atoms with E-state index in [1.54, 1.807) is 46.8 Å². The van der Waals surface area contributed by atoms with Crippen LogP contribution in [0.4, 0.5) is 0 Å². The number of ether oxygens (including phenoxy) is 2. The first-order valence-electron chi connectivity index (χ1n) is 19.0. The van der Waals surface area contributed by atoms with Crippen molar-refractivity contribution in [2.45, 2.75) is 79.9 Å². The van der Waals surface area contributed by atoms with Crippen molar-refractivity contribution >= 4 is 30.6 Å². The van der Waals surface area contributed by atoms with Crippen molar-refractivity contribution in [1.82, 2.24) is 18.7 Å². The van der Waals surface area contributed by atoms with Crippen molar-refractivity contribution in [2.75, 3.05) is 25.6 Å². The van der Waals surface area contributed by atoms with Crippen LogP contribution in [0.5, 0.6) is 5.75 Å². The minimum Gasteiger partial charge on any atom is -0.404 e. The molecule has 2 aromatic heterocycles. The number of aromatic nitrogens is 4. The summed E-state index contributed by atoms with van der Waals surface area (Å²) in [5, 5.41) is -0.101. The van der Waals surface area contributed by atoms with E-state index in [-0.39, 0.29) is 61.1 Å². The summed E-state index contributed by atoms with van der Waals surface area (Å²) in [5.74, 6) is -1.15. The summed E-state index contributed by atoms with van der Waals surface area (Å²) >= 11 is 0.999. The lowest BCUT2D eigenvalue weighted by atomic mass is 9.98. The van der Waals surface area contributed by atoms with Crippen LogP contribution in [0.1, 0.15) is 86.4 Å². The van der Waals surface area contributed by atoms with Gasteiger partial charge in [-0.2, -0.15) is 4.57 Å². The number of nitrogens with zero attached hydrogens (tertiary/aromatic N) is 3. The van der Waals surface area contributed by atoms with E-state index in [1.807, 2.05) is 44.2 Å². The maximum Gasteiger partial charge on any atom is 0.530 e. The van der Waals surface area contributed by atoms with E-state index in [1.165, 1.54) is 39.6 Å². The Labute approximate surface area is 344 Å². The smallest absolute Gasteiger partial charge is 0.404 e. The van der Waals surface area contributed by atoms with Crippen molar-refractivity contribution in [3.8, 4) is 5.75 Å². The number of thioether (sulfide) groups is 1. The summed E-state index contributed by atoms with van der Waals surface area (Å²) < 4.78 is 45.7. The number of nitrogens with one attached hydrogen (secondary N) is 1. The second kappa shape index (κ2) is 19.4. The van der Waals surface area contributed by atoms with Gasteiger partial charge in [0.25, 0.3) is 17.0 Å². The van der Waals surface area contributed by atoms with E-state index in [4.69, 9.17) is 23.0 Å². The van der Waals surface area contributed by atoms with Gasteiger partial charge in [-0.25, -0.2) is 14.2 Å². The van der Waals surface area contributed by atoms with Crippen molar-refractivity contribution in [2.24, 2.45) is 5.41 Å². The van der Waals surface area contributed by atoms with Gasteiger partial charge in [-0.1, -0.05) is 82.8 Å². The van der Waals surface area contributed by atoms with Gasteiger partial charge in [0, 0.05) is 52.8 Å². The van der Waals surface area contributed by atoms with Crippen LogP contribution in [0.25, 0.3) is 0 Å². The molecule has 1 N–H and O–H groups in total. The second-order valence-corrected chi connectivity index (χ2v) is 17.6. The minimum atomic E-state index is -4.45. The van der Waals surface area contributed by atoms with Gasteiger partial charge in [-0.05, 0) is 55.7 Å². The normalized spacial score (nSPS) is 16.3. The van der Waals surface area contributed by atoms with Gasteiger partial charge in [0.2, 0.25) is 0 Å². The molecular formula is C41H49N4O12PS. The third-order valence-electron chi connectivity index (χ3n) is 9.03. The molecular weight excluding hydrogens is 804 g/mol. The Balaban J connectivity index is 1.38. The molecule has 0 aliphatic carbocycles. The Morgan fingerprint density at radius 3 is 2.32 bits per heavy atom. The molecule has 4 aromatic rings. The fraction of sp³-hybridized carbons (Fsp3) is 0.415. The summed E-state index contributed by atoms with van der Waals surface area (Å²) in [6.07, 6.45) is 3.09. The monoisotopic (exact) mass is 852 g/mol. The zero-order chi connectivity index (χ0) is 43.1. The van der Waals surface area contributed by atoms with Crippen LogP contribution in [0, 0.1) is 12.3 Å². The van der Waals surface area contributed by atoms with Crippen molar-refractivity contribution < 1.29 is 37.2 Å². The first kappa shape index (κ1) is 45.2. The summed E-state index contributed by atoms with van der Waals surface area (Å²) in [7, 11) is -4.45. The number of hydrogen-bond acceptors (Lipinski definition) is 13. The molecule has 0 amide bonds. The zero-order valence-corrected chi connectivity index (χ0v) is 35.7. The van der Waals surface area contributed by atoms with Gasteiger partial charge in [0.15, 0.2) is 11.3 Å². The number of hydrogen-bond donors (Lipinski definition) is 1. The Morgan fingerprint density at radius 1 is 0.983 bits per heavy atom. The predicted molar refractivity (Wildman–Crippen MR) is 222 cm³/mol. The van der Waals surface area contributed by atoms with Gasteiger partial charge in [0.05, 0.1) is 13.2 Å². The van der Waals surface area contributed by atoms with E-state index >= 15 is 0 Å². The maximum absolute atomic E-state index is 14.1. The Hall–Kier alpha value is -4.90. The van der Waals surface area contributed by atoms with Crippen LogP contribution >= 0.6 is 19.6 Å². The summed E-state index contributed by atoms with van der Waals surface area (Å²) in [4.78, 5) is 80.9. The van der Waals surface area contributed by atoms with Gasteiger partial charge >= 0.3 is 19.2 Å². The highest BCUT2D eigenvalue weighted by molar-refractivity contribution is 8.13. The molecule has 3 atom stereocenters. The zero-order valence-electron chi connectivity index (χ0n) is 34.0. The van der Waals surface area contributed by atoms with Gasteiger partial charge in [0.1, 0.15) is 18.6 Å². The molecule has 0 radical (unpaired) electrons. The SMILES string of the molecule is CCOCn1c(Cc2ccccc2)c(C(C)C)c(=O)n(C(=O)c2ccc(OP(=O)(OCCSC(=O)C(C)(C)C)OC[C@@H]3C=C[C@H](n4cc(C)c(=O)[nH]c4=O)O3)cc2)c1=O. The van der Waals surface area contributed by atoms with Crippen LogP contribution in [0.15, 0.2) is 92.1 Å². The molecule has 18 heteroatoms. The van der Waals surface area contributed by atoms with Crippen molar-refractivity contribution in [3.05, 3.63) is 143 Å². The molecule has 1 unspecified atom stereocenters. The molecule has 0 saturated heterocycles. The number of aryl methyl sites for hydroxylation is 1. The van der Waals surface area contributed by atoms with Crippen molar-refractivity contribution in [1.29, 1.82) is 0 Å². The maximum atomic E-state index is 14.1. The number of carbonyl (C=O) groups excluding carboxylic acids is 2. The molecule has 0 spiro atoms. The highest BCUT2D eigenvalue weighted by Gasteiger charge is 2.33. The highest BCUT2D eigenvalue weighted by atomic mass is 32.2. The molecule has 5 rings (SSSR count). The van der Waals surface area contributed by atoms with Crippen LogP contribution in [-0.4, -0.2) is 61.4 Å². The first-order chi connectivity index (χ1) is 27.9. The molecule has 3 heterocycles. The Bertz CT molecular complexity index is 2470. The third-order valence-corrected chi connectivity index (χ3v) is 11.7. The van der Waals surface area contributed by atoms with Crippen molar-refractivity contribution in [3.63, 3.8) is 0 Å². The van der Waals surface area contributed by atoms with Gasteiger partial charge in [-0.15, -0.1) is 0 Å². The number of phosphoric ester groups is 1. The number of benzene rings is 2. The molecule has 0 bridgehead atoms. The Morgan fingerprint density at radius 2 is 1.68 bits per heavy atom. The second-order valence-electron chi connectivity index (χ2n) is 15.0. The highest BCUT2D eigenvalue weighted by Crippen LogP contribution is 2.50. The lowest BCUT2D eigenvalue weighted by molar-refractivity contribution is -0.117. The molecule has 316 valence electrons. The van der Waals surface area contributed by atoms with E-state index in [0.29, 0.717) is 21.4 Å². The summed E-state index contributed by atoms with van der Waals surface area (Å²) in [5.41, 5.74) is -1.54. The van der Waals surface area contributed by atoms with Gasteiger partial charge < -0.3 is 14.0 Å². The quantitative estimate of drug-likeness (QED) is 0.0790. The summed E-state index contributed by atoms with van der Waals surface area (Å²) in [6, 6.07) is 14.6. The molecule has 1 aliphatic rings. The first-order valence-corrected chi connectivity index (χ1v) is 21.4. The number of H-pyrrole nitrogens is 1. The molecule has 0 fully saturated rings. The molecule has 2 aromatic carbocycles. The summed E-state index contributed by atoms with van der Waals surface area (Å²) in [6.45, 7) is 11.8. The van der Waals surface area contributed by atoms with E-state index in [9.17, 15) is 33.3 Å². The molecule has 1 aliphatic heterocycles. The fourth-order valence-electron chi connectivity index (χ4n) is 5.96. The average Bonchev–Trinajstić information content (AvgIpc) is 3.66. The number of phosphoric acid groups is 1. The van der Waals surface area contributed by atoms with E-state index in [2.05, 4.69) is 4.98 Å². The topological polar surface area (TPSA) is 196 Å². The van der Waals surface area contributed by atoms with Crippen LogP contribution in [-0.2, 0) is 41.0 Å². The van der Waals surface area contributed by atoms with Crippen LogP contribution in [0.3, 0.4) is 0 Å². The van der Waals surface area contributed by atoms with E-state index < -0.39 is 54.0 Å². The lowest BCUT2D eigenvalue weighted by Crippen LogP contribution is -2.47. The third kappa shape index (κ3) is 11.2. The minimum absolute atomic E-state index is 0.0398. The van der Waals surface area contributed by atoms with Crippen LogP contribution < -0.4 is 27.0 Å².